The molecule has 6 heteroatoms. The fourth-order valence-electron chi connectivity index (χ4n) is 2.84. The molecule has 0 spiro atoms. The maximum atomic E-state index is 10.8. The number of aryl methyl sites for hydroxylation is 2. The maximum absolute atomic E-state index is 10.8. The molecule has 120 valence electrons. The molecule has 0 aliphatic carbocycles. The summed E-state index contributed by atoms with van der Waals surface area (Å²) in [6.45, 7) is 7.20. The van der Waals surface area contributed by atoms with Gasteiger partial charge in [-0.25, -0.2) is 9.97 Å². The van der Waals surface area contributed by atoms with Crippen LogP contribution in [0.2, 0.25) is 0 Å². The van der Waals surface area contributed by atoms with E-state index in [-0.39, 0.29) is 0 Å². The Labute approximate surface area is 136 Å². The average molecular weight is 311 g/mol. The molecule has 2 aromatic rings. The van der Waals surface area contributed by atoms with E-state index < -0.39 is 0 Å². The highest BCUT2D eigenvalue weighted by Gasteiger charge is 2.17. The van der Waals surface area contributed by atoms with Crippen LogP contribution < -0.4 is 10.2 Å². The highest BCUT2D eigenvalue weighted by Crippen LogP contribution is 2.21. The highest BCUT2D eigenvalue weighted by molar-refractivity contribution is 5.61. The zero-order valence-corrected chi connectivity index (χ0v) is 13.5. The van der Waals surface area contributed by atoms with Crippen LogP contribution in [0.3, 0.4) is 0 Å². The Bertz CT molecular complexity index is 675. The summed E-state index contributed by atoms with van der Waals surface area (Å²) in [6.07, 6.45) is 2.48. The number of aromatic nitrogens is 2. The lowest BCUT2D eigenvalue weighted by atomic mass is 10.1. The van der Waals surface area contributed by atoms with E-state index in [1.165, 1.54) is 11.1 Å². The summed E-state index contributed by atoms with van der Waals surface area (Å²) in [5.41, 5.74) is 3.46. The second-order valence-electron chi connectivity index (χ2n) is 5.89. The maximum Gasteiger partial charge on any atom is 0.209 e. The number of hydrogen-bond donors (Lipinski definition) is 1. The Morgan fingerprint density at radius 3 is 2.35 bits per heavy atom. The summed E-state index contributed by atoms with van der Waals surface area (Å²) in [4.78, 5) is 23.4. The predicted molar refractivity (Wildman–Crippen MR) is 91.1 cm³/mol. The van der Waals surface area contributed by atoms with Crippen molar-refractivity contribution in [2.24, 2.45) is 0 Å². The van der Waals surface area contributed by atoms with Gasteiger partial charge in [0, 0.05) is 37.9 Å². The number of carbonyl (C=O) groups excluding carboxylic acids is 1. The highest BCUT2D eigenvalue weighted by atomic mass is 16.1. The molecule has 0 saturated carbocycles. The molecule has 23 heavy (non-hydrogen) atoms. The van der Waals surface area contributed by atoms with Crippen molar-refractivity contribution in [1.82, 2.24) is 14.9 Å². The minimum absolute atomic E-state index is 0.730. The third kappa shape index (κ3) is 3.77. The normalized spacial score (nSPS) is 14.7. The van der Waals surface area contributed by atoms with Gasteiger partial charge in [-0.1, -0.05) is 6.07 Å². The van der Waals surface area contributed by atoms with Crippen LogP contribution in [-0.4, -0.2) is 47.5 Å². The first-order chi connectivity index (χ1) is 11.1. The molecule has 1 aromatic heterocycles. The fourth-order valence-corrected chi connectivity index (χ4v) is 2.84. The van der Waals surface area contributed by atoms with E-state index in [2.05, 4.69) is 52.2 Å². The monoisotopic (exact) mass is 311 g/mol. The summed E-state index contributed by atoms with van der Waals surface area (Å²) in [5, 5.41) is 3.34. The molecular weight excluding hydrogens is 290 g/mol. The number of anilines is 3. The summed E-state index contributed by atoms with van der Waals surface area (Å²) in [7, 11) is 0. The van der Waals surface area contributed by atoms with Crippen LogP contribution >= 0.6 is 0 Å². The van der Waals surface area contributed by atoms with Gasteiger partial charge in [-0.15, -0.1) is 0 Å². The lowest BCUT2D eigenvalue weighted by molar-refractivity contribution is -0.118. The van der Waals surface area contributed by atoms with E-state index in [0.29, 0.717) is 0 Å². The Kier molecular flexibility index (Phi) is 4.41. The van der Waals surface area contributed by atoms with Gasteiger partial charge in [-0.3, -0.25) is 4.79 Å². The topological polar surface area (TPSA) is 61.4 Å². The summed E-state index contributed by atoms with van der Waals surface area (Å²) in [5.74, 6) is 1.66. The van der Waals surface area contributed by atoms with Gasteiger partial charge in [-0.05, 0) is 37.1 Å². The van der Waals surface area contributed by atoms with E-state index in [1.807, 2.05) is 6.07 Å². The van der Waals surface area contributed by atoms with E-state index >= 15 is 0 Å². The molecule has 0 unspecified atom stereocenters. The molecule has 0 atom stereocenters. The van der Waals surface area contributed by atoms with Crippen molar-refractivity contribution in [2.45, 2.75) is 13.8 Å². The number of hydrogen-bond acceptors (Lipinski definition) is 5. The van der Waals surface area contributed by atoms with Crippen molar-refractivity contribution >= 4 is 23.7 Å². The molecule has 1 amide bonds. The molecule has 1 fully saturated rings. The van der Waals surface area contributed by atoms with Gasteiger partial charge in [0.1, 0.15) is 18.0 Å². The smallest absolute Gasteiger partial charge is 0.209 e. The van der Waals surface area contributed by atoms with Crippen LogP contribution in [0.5, 0.6) is 0 Å². The Balaban J connectivity index is 1.73. The third-order valence-electron chi connectivity index (χ3n) is 3.93. The summed E-state index contributed by atoms with van der Waals surface area (Å²) in [6, 6.07) is 8.28. The summed E-state index contributed by atoms with van der Waals surface area (Å²) < 4.78 is 0. The van der Waals surface area contributed by atoms with Crippen molar-refractivity contribution < 1.29 is 4.79 Å². The molecule has 3 rings (SSSR count). The first kappa shape index (κ1) is 15.3. The molecule has 2 heterocycles. The summed E-state index contributed by atoms with van der Waals surface area (Å²) >= 11 is 0. The lowest BCUT2D eigenvalue weighted by Crippen LogP contribution is -2.46. The second kappa shape index (κ2) is 6.64. The zero-order valence-electron chi connectivity index (χ0n) is 13.5. The van der Waals surface area contributed by atoms with Gasteiger partial charge in [0.2, 0.25) is 6.41 Å². The Hall–Kier alpha value is -2.63. The number of nitrogens with zero attached hydrogens (tertiary/aromatic N) is 4. The number of amides is 1. The van der Waals surface area contributed by atoms with Gasteiger partial charge in [0.25, 0.3) is 0 Å². The molecular formula is C17H21N5O. The quantitative estimate of drug-likeness (QED) is 0.876. The van der Waals surface area contributed by atoms with Gasteiger partial charge >= 0.3 is 0 Å². The van der Waals surface area contributed by atoms with Crippen molar-refractivity contribution in [1.29, 1.82) is 0 Å². The molecule has 1 saturated heterocycles. The van der Waals surface area contributed by atoms with Gasteiger partial charge in [0.05, 0.1) is 0 Å². The first-order valence-electron chi connectivity index (χ1n) is 7.76. The minimum atomic E-state index is 0.730. The van der Waals surface area contributed by atoms with Crippen molar-refractivity contribution in [3.05, 3.63) is 41.7 Å². The molecule has 1 aromatic carbocycles. The van der Waals surface area contributed by atoms with Crippen molar-refractivity contribution in [3.63, 3.8) is 0 Å². The average Bonchev–Trinajstić information content (AvgIpc) is 2.54. The van der Waals surface area contributed by atoms with Crippen LogP contribution in [0, 0.1) is 13.8 Å². The Morgan fingerprint density at radius 1 is 1.00 bits per heavy atom. The van der Waals surface area contributed by atoms with E-state index in [4.69, 9.17) is 0 Å². The van der Waals surface area contributed by atoms with E-state index in [1.54, 1.807) is 11.2 Å². The third-order valence-corrected chi connectivity index (χ3v) is 3.93. The lowest BCUT2D eigenvalue weighted by Gasteiger charge is -2.33. The molecule has 0 bridgehead atoms. The SMILES string of the molecule is Cc1cc(C)cc(Nc2cc(N3CCN(C=O)CC3)ncn2)c1. The number of piperazine rings is 1. The van der Waals surface area contributed by atoms with Gasteiger partial charge in [0.15, 0.2) is 0 Å². The first-order valence-corrected chi connectivity index (χ1v) is 7.76. The predicted octanol–water partition coefficient (Wildman–Crippen LogP) is 2.12. The molecule has 1 N–H and O–H groups in total. The molecule has 1 aliphatic rings. The number of rotatable bonds is 4. The molecule has 0 radical (unpaired) electrons. The van der Waals surface area contributed by atoms with Crippen LogP contribution in [0.15, 0.2) is 30.6 Å². The van der Waals surface area contributed by atoms with Crippen LogP contribution in [0.1, 0.15) is 11.1 Å². The van der Waals surface area contributed by atoms with Crippen molar-refractivity contribution in [2.75, 3.05) is 36.4 Å². The van der Waals surface area contributed by atoms with Gasteiger partial charge in [-0.2, -0.15) is 0 Å². The van der Waals surface area contributed by atoms with E-state index in [9.17, 15) is 4.79 Å². The zero-order chi connectivity index (χ0) is 16.2. The minimum Gasteiger partial charge on any atom is -0.353 e. The second-order valence-corrected chi connectivity index (χ2v) is 5.89. The number of carbonyl (C=O) groups is 1. The van der Waals surface area contributed by atoms with Crippen LogP contribution in [0.4, 0.5) is 17.3 Å². The number of benzene rings is 1. The fraction of sp³-hybridized carbons (Fsp3) is 0.353. The van der Waals surface area contributed by atoms with Crippen LogP contribution in [-0.2, 0) is 4.79 Å². The number of nitrogens with one attached hydrogen (secondary N) is 1. The van der Waals surface area contributed by atoms with Crippen molar-refractivity contribution in [3.8, 4) is 0 Å². The molecule has 1 aliphatic heterocycles. The Morgan fingerprint density at radius 2 is 1.70 bits per heavy atom. The largest absolute Gasteiger partial charge is 0.353 e. The van der Waals surface area contributed by atoms with Crippen LogP contribution in [0.25, 0.3) is 0 Å². The van der Waals surface area contributed by atoms with E-state index in [0.717, 1.165) is 49.9 Å². The standard InChI is InChI=1S/C17H21N5O/c1-13-7-14(2)9-15(8-13)20-16-10-17(19-11-18-16)22-5-3-21(12-23)4-6-22/h7-12H,3-6H2,1-2H3,(H,18,19,20). The van der Waals surface area contributed by atoms with Gasteiger partial charge < -0.3 is 15.1 Å². The molecule has 6 nitrogen and oxygen atoms in total.